The Bertz CT molecular complexity index is 1080. The van der Waals surface area contributed by atoms with Crippen LogP contribution in [0.4, 0.5) is 5.69 Å². The molecule has 4 rings (SSSR count). The number of H-pyrrole nitrogens is 1. The van der Waals surface area contributed by atoms with Gasteiger partial charge >= 0.3 is 5.97 Å². The van der Waals surface area contributed by atoms with Gasteiger partial charge in [-0.15, -0.1) is 0 Å². The summed E-state index contributed by atoms with van der Waals surface area (Å²) in [6, 6.07) is 14.4. The van der Waals surface area contributed by atoms with Gasteiger partial charge in [0.2, 0.25) is 5.43 Å². The number of hydrogen-bond acceptors (Lipinski definition) is 5. The van der Waals surface area contributed by atoms with E-state index >= 15 is 0 Å². The summed E-state index contributed by atoms with van der Waals surface area (Å²) < 4.78 is 4.67. The number of ether oxygens (including phenoxy) is 1. The van der Waals surface area contributed by atoms with Gasteiger partial charge in [0, 0.05) is 55.5 Å². The quantitative estimate of drug-likeness (QED) is 0.693. The summed E-state index contributed by atoms with van der Waals surface area (Å²) in [7, 11) is 1.27. The summed E-state index contributed by atoms with van der Waals surface area (Å²) in [6.07, 6.45) is 1.43. The molecule has 0 amide bonds. The lowest BCUT2D eigenvalue weighted by Crippen LogP contribution is -2.45. The Kier molecular flexibility index (Phi) is 5.36. The van der Waals surface area contributed by atoms with Crippen LogP contribution >= 0.6 is 0 Å². The minimum absolute atomic E-state index is 0.0278. The van der Waals surface area contributed by atoms with Gasteiger partial charge in [0.1, 0.15) is 5.56 Å². The smallest absolute Gasteiger partial charge is 0.343 e. The fourth-order valence-electron chi connectivity index (χ4n) is 3.81. The number of methoxy groups -OCH3 is 1. The number of carbonyl (C=O) groups is 1. The van der Waals surface area contributed by atoms with Gasteiger partial charge in [-0.25, -0.2) is 4.79 Å². The summed E-state index contributed by atoms with van der Waals surface area (Å²) in [5, 5.41) is 0.501. The maximum atomic E-state index is 12.5. The molecule has 0 spiro atoms. The van der Waals surface area contributed by atoms with Crippen molar-refractivity contribution in [1.82, 2.24) is 9.88 Å². The molecule has 1 aliphatic heterocycles. The van der Waals surface area contributed by atoms with E-state index in [1.54, 1.807) is 6.07 Å². The van der Waals surface area contributed by atoms with Crippen LogP contribution in [0.15, 0.2) is 53.5 Å². The van der Waals surface area contributed by atoms with Crippen LogP contribution < -0.4 is 10.3 Å². The monoisotopic (exact) mass is 391 g/mol. The van der Waals surface area contributed by atoms with Crippen LogP contribution in [0, 0.1) is 6.92 Å². The van der Waals surface area contributed by atoms with E-state index in [2.05, 4.69) is 50.7 Å². The van der Waals surface area contributed by atoms with Crippen molar-refractivity contribution in [2.24, 2.45) is 0 Å². The second-order valence-electron chi connectivity index (χ2n) is 7.50. The van der Waals surface area contributed by atoms with Crippen molar-refractivity contribution >= 4 is 22.6 Å². The molecule has 0 saturated carbocycles. The number of nitrogens with zero attached hydrogens (tertiary/aromatic N) is 2. The SMILES string of the molecule is COC(=O)c1c[nH]c2cc(CN3CCN(c4ccc(C)cc4)CC3)ccc2c1=O. The molecule has 0 unspecified atom stereocenters. The van der Waals surface area contributed by atoms with Gasteiger partial charge in [0.15, 0.2) is 0 Å². The number of carbonyl (C=O) groups excluding carboxylic acids is 1. The topological polar surface area (TPSA) is 65.6 Å². The lowest BCUT2D eigenvalue weighted by molar-refractivity contribution is 0.0599. The summed E-state index contributed by atoms with van der Waals surface area (Å²) >= 11 is 0. The molecule has 0 radical (unpaired) electrons. The van der Waals surface area contributed by atoms with Gasteiger partial charge in [-0.05, 0) is 36.8 Å². The molecule has 0 bridgehead atoms. The fourth-order valence-corrected chi connectivity index (χ4v) is 3.81. The molecule has 0 atom stereocenters. The molecular weight excluding hydrogens is 366 g/mol. The average molecular weight is 391 g/mol. The van der Waals surface area contributed by atoms with Crippen molar-refractivity contribution in [3.05, 3.63) is 75.6 Å². The highest BCUT2D eigenvalue weighted by Gasteiger charge is 2.18. The summed E-state index contributed by atoms with van der Waals surface area (Å²) in [4.78, 5) is 32.1. The number of piperazine rings is 1. The molecule has 1 fully saturated rings. The Morgan fingerprint density at radius 1 is 1.07 bits per heavy atom. The number of pyridine rings is 1. The van der Waals surface area contributed by atoms with E-state index in [1.807, 2.05) is 12.1 Å². The van der Waals surface area contributed by atoms with E-state index in [4.69, 9.17) is 0 Å². The van der Waals surface area contributed by atoms with Gasteiger partial charge in [0.05, 0.1) is 7.11 Å². The van der Waals surface area contributed by atoms with E-state index < -0.39 is 5.97 Å². The summed E-state index contributed by atoms with van der Waals surface area (Å²) in [6.45, 7) is 6.91. The van der Waals surface area contributed by atoms with Crippen LogP contribution in [-0.4, -0.2) is 49.1 Å². The van der Waals surface area contributed by atoms with Crippen molar-refractivity contribution < 1.29 is 9.53 Å². The molecule has 1 saturated heterocycles. The van der Waals surface area contributed by atoms with Crippen LogP contribution in [0.25, 0.3) is 10.9 Å². The first kappa shape index (κ1) is 19.2. The first-order chi connectivity index (χ1) is 14.0. The zero-order chi connectivity index (χ0) is 20.4. The Labute approximate surface area is 169 Å². The van der Waals surface area contributed by atoms with Crippen LogP contribution in [0.3, 0.4) is 0 Å². The first-order valence-electron chi connectivity index (χ1n) is 9.82. The van der Waals surface area contributed by atoms with Crippen LogP contribution in [0.1, 0.15) is 21.5 Å². The predicted molar refractivity (Wildman–Crippen MR) is 115 cm³/mol. The molecule has 1 aromatic heterocycles. The molecular formula is C23H25N3O3. The molecule has 1 aliphatic rings. The normalized spacial score (nSPS) is 14.9. The number of aryl methyl sites for hydroxylation is 1. The Hall–Kier alpha value is -3.12. The van der Waals surface area contributed by atoms with Gasteiger partial charge in [-0.1, -0.05) is 23.8 Å². The molecule has 2 aromatic carbocycles. The Morgan fingerprint density at radius 2 is 1.79 bits per heavy atom. The van der Waals surface area contributed by atoms with E-state index in [0.29, 0.717) is 5.39 Å². The third-order valence-corrected chi connectivity index (χ3v) is 5.53. The third kappa shape index (κ3) is 4.03. The maximum Gasteiger partial charge on any atom is 0.343 e. The van der Waals surface area contributed by atoms with E-state index in [0.717, 1.165) is 43.8 Å². The molecule has 2 heterocycles. The number of benzene rings is 2. The number of nitrogens with one attached hydrogen (secondary N) is 1. The lowest BCUT2D eigenvalue weighted by Gasteiger charge is -2.36. The van der Waals surface area contributed by atoms with Crippen LogP contribution in [-0.2, 0) is 11.3 Å². The number of anilines is 1. The van der Waals surface area contributed by atoms with E-state index in [9.17, 15) is 9.59 Å². The van der Waals surface area contributed by atoms with Crippen molar-refractivity contribution in [2.45, 2.75) is 13.5 Å². The van der Waals surface area contributed by atoms with Crippen LogP contribution in [0.2, 0.25) is 0 Å². The molecule has 6 nitrogen and oxygen atoms in total. The molecule has 1 N–H and O–H groups in total. The summed E-state index contributed by atoms with van der Waals surface area (Å²) in [5.41, 5.74) is 4.16. The number of fused-ring (bicyclic) bond motifs is 1. The maximum absolute atomic E-state index is 12.5. The molecule has 29 heavy (non-hydrogen) atoms. The number of aromatic nitrogens is 1. The van der Waals surface area contributed by atoms with Crippen LogP contribution in [0.5, 0.6) is 0 Å². The predicted octanol–water partition coefficient (Wildman–Crippen LogP) is 2.95. The largest absolute Gasteiger partial charge is 0.465 e. The molecule has 3 aromatic rings. The second kappa shape index (κ2) is 8.09. The van der Waals surface area contributed by atoms with Crippen molar-refractivity contribution in [2.75, 3.05) is 38.2 Å². The standard InChI is InChI=1S/C23H25N3O3/c1-16-3-6-18(7-4-16)26-11-9-25(10-12-26)15-17-5-8-19-21(13-17)24-14-20(22(19)27)23(28)29-2/h3-8,13-14H,9-12,15H2,1-2H3,(H,24,27). The third-order valence-electron chi connectivity index (χ3n) is 5.53. The molecule has 150 valence electrons. The minimum Gasteiger partial charge on any atom is -0.465 e. The second-order valence-corrected chi connectivity index (χ2v) is 7.50. The Morgan fingerprint density at radius 3 is 2.48 bits per heavy atom. The van der Waals surface area contributed by atoms with Crippen molar-refractivity contribution in [3.63, 3.8) is 0 Å². The Balaban J connectivity index is 1.44. The average Bonchev–Trinajstić information content (AvgIpc) is 2.75. The molecule has 6 heteroatoms. The zero-order valence-corrected chi connectivity index (χ0v) is 16.8. The van der Waals surface area contributed by atoms with Gasteiger partial charge < -0.3 is 14.6 Å². The fraction of sp³-hybridized carbons (Fsp3) is 0.304. The zero-order valence-electron chi connectivity index (χ0n) is 16.8. The van der Waals surface area contributed by atoms with Gasteiger partial charge in [-0.3, -0.25) is 9.69 Å². The first-order valence-corrected chi connectivity index (χ1v) is 9.82. The van der Waals surface area contributed by atoms with Gasteiger partial charge in [0.25, 0.3) is 0 Å². The lowest BCUT2D eigenvalue weighted by atomic mass is 10.1. The van der Waals surface area contributed by atoms with Crippen molar-refractivity contribution in [3.8, 4) is 0 Å². The molecule has 0 aliphatic carbocycles. The van der Waals surface area contributed by atoms with Crippen molar-refractivity contribution in [1.29, 1.82) is 0 Å². The highest BCUT2D eigenvalue weighted by molar-refractivity contribution is 5.93. The number of aromatic amines is 1. The van der Waals surface area contributed by atoms with Gasteiger partial charge in [-0.2, -0.15) is 0 Å². The van der Waals surface area contributed by atoms with E-state index in [1.165, 1.54) is 24.6 Å². The number of esters is 1. The van der Waals surface area contributed by atoms with E-state index in [-0.39, 0.29) is 11.0 Å². The number of hydrogen-bond donors (Lipinski definition) is 1. The summed E-state index contributed by atoms with van der Waals surface area (Å²) in [5.74, 6) is -0.622. The highest BCUT2D eigenvalue weighted by atomic mass is 16.5. The highest BCUT2D eigenvalue weighted by Crippen LogP contribution is 2.19. The minimum atomic E-state index is -0.622. The number of rotatable bonds is 4.